The molecule has 0 saturated heterocycles. The molecule has 0 atom stereocenters. The van der Waals surface area contributed by atoms with Gasteiger partial charge < -0.3 is 5.32 Å². The Labute approximate surface area is 174 Å². The van der Waals surface area contributed by atoms with Crippen LogP contribution < -0.4 is 5.32 Å². The minimum absolute atomic E-state index is 0.160. The molecule has 0 spiro atoms. The number of benzene rings is 2. The monoisotopic (exact) mass is 427 g/mol. The minimum atomic E-state index is -0.170. The predicted molar refractivity (Wildman–Crippen MR) is 114 cm³/mol. The number of carbonyl (C=O) groups is 1. The van der Waals surface area contributed by atoms with Gasteiger partial charge in [0.25, 0.3) is 0 Å². The van der Waals surface area contributed by atoms with Crippen molar-refractivity contribution >= 4 is 56.0 Å². The van der Waals surface area contributed by atoms with Crippen LogP contribution >= 0.6 is 34.7 Å². The van der Waals surface area contributed by atoms with Crippen LogP contribution in [0.4, 0.5) is 5.13 Å². The van der Waals surface area contributed by atoms with Crippen molar-refractivity contribution in [1.82, 2.24) is 20.2 Å². The molecule has 9 heteroatoms. The number of nitrogens with one attached hydrogen (secondary N) is 1. The van der Waals surface area contributed by atoms with E-state index in [9.17, 15) is 4.79 Å². The first kappa shape index (κ1) is 18.8. The van der Waals surface area contributed by atoms with Gasteiger partial charge in [0.2, 0.25) is 5.91 Å². The maximum Gasteiger partial charge on any atom is 0.236 e. The fourth-order valence-electron chi connectivity index (χ4n) is 2.58. The Balaban J connectivity index is 1.47. The Hall–Kier alpha value is -2.55. The number of rotatable bonds is 5. The lowest BCUT2D eigenvalue weighted by Gasteiger charge is -2.07. The number of thiazole rings is 1. The zero-order valence-electron chi connectivity index (χ0n) is 14.7. The Bertz CT molecular complexity index is 1160. The summed E-state index contributed by atoms with van der Waals surface area (Å²) in [5, 5.41) is 12.5. The molecule has 0 aliphatic heterocycles. The molecule has 1 N–H and O–H groups in total. The number of thioether (sulfide) groups is 1. The lowest BCUT2D eigenvalue weighted by atomic mass is 10.2. The van der Waals surface area contributed by atoms with E-state index in [4.69, 9.17) is 11.6 Å². The molecule has 0 aliphatic rings. The molecule has 0 fully saturated rings. The molecule has 0 bridgehead atoms. The topological polar surface area (TPSA) is 80.7 Å². The number of hydrogen-bond donors (Lipinski definition) is 1. The highest BCUT2D eigenvalue weighted by Crippen LogP contribution is 2.32. The maximum absolute atomic E-state index is 12.4. The molecule has 4 rings (SSSR count). The number of fused-ring (bicyclic) bond motifs is 1. The fraction of sp³-hybridized carbons (Fsp3) is 0.105. The molecule has 0 unspecified atom stereocenters. The summed E-state index contributed by atoms with van der Waals surface area (Å²) < 4.78 is 1.03. The van der Waals surface area contributed by atoms with E-state index < -0.39 is 0 Å². The number of amides is 1. The first-order valence-electron chi connectivity index (χ1n) is 8.32. The maximum atomic E-state index is 12.4. The lowest BCUT2D eigenvalue weighted by molar-refractivity contribution is -0.113. The first-order chi connectivity index (χ1) is 13.6. The van der Waals surface area contributed by atoms with Gasteiger partial charge in [-0.3, -0.25) is 4.79 Å². The number of carbonyl (C=O) groups excluding carboxylic acids is 1. The third-order valence-corrected chi connectivity index (χ3v) is 6.08. The number of anilines is 1. The van der Waals surface area contributed by atoms with Crippen molar-refractivity contribution in [3.05, 3.63) is 59.4 Å². The molecule has 6 nitrogen and oxygen atoms in total. The molecule has 0 aliphatic carbocycles. The Morgan fingerprint density at radius 1 is 1.25 bits per heavy atom. The molecular weight excluding hydrogens is 414 g/mol. The van der Waals surface area contributed by atoms with Gasteiger partial charge in [0, 0.05) is 5.56 Å². The second kappa shape index (κ2) is 8.22. The van der Waals surface area contributed by atoms with Crippen molar-refractivity contribution < 1.29 is 4.79 Å². The number of nitrogens with zero attached hydrogens (tertiary/aromatic N) is 4. The van der Waals surface area contributed by atoms with Crippen LogP contribution in [0.5, 0.6) is 0 Å². The molecule has 2 aromatic carbocycles. The molecule has 140 valence electrons. The standard InChI is InChI=1S/C19H14ClN5OS2/c1-11-6-7-15-14(8-11)23-19(28-15)24-16(26)9-27-18-17(21-10-22-25-18)12-4-2-3-5-13(12)20/h2-8,10H,9H2,1H3,(H,23,24,26). The average molecular weight is 428 g/mol. The molecule has 0 radical (unpaired) electrons. The average Bonchev–Trinajstić information content (AvgIpc) is 3.08. The van der Waals surface area contributed by atoms with E-state index in [1.54, 1.807) is 6.07 Å². The number of hydrogen-bond acceptors (Lipinski definition) is 7. The number of aromatic nitrogens is 4. The fourth-order valence-corrected chi connectivity index (χ4v) is 4.41. The van der Waals surface area contributed by atoms with Gasteiger partial charge in [0.05, 0.1) is 21.0 Å². The van der Waals surface area contributed by atoms with Crippen molar-refractivity contribution in [2.75, 3.05) is 11.1 Å². The van der Waals surface area contributed by atoms with Crippen molar-refractivity contribution in [1.29, 1.82) is 0 Å². The summed E-state index contributed by atoms with van der Waals surface area (Å²) in [7, 11) is 0. The van der Waals surface area contributed by atoms with Crippen LogP contribution in [0.25, 0.3) is 21.5 Å². The van der Waals surface area contributed by atoms with Crippen LogP contribution in [-0.4, -0.2) is 31.8 Å². The van der Waals surface area contributed by atoms with Crippen LogP contribution in [-0.2, 0) is 4.79 Å². The second-order valence-electron chi connectivity index (χ2n) is 5.92. The molecule has 1 amide bonds. The summed E-state index contributed by atoms with van der Waals surface area (Å²) in [6.45, 7) is 2.01. The van der Waals surface area contributed by atoms with Gasteiger partial charge in [0.15, 0.2) is 5.13 Å². The van der Waals surface area contributed by atoms with Crippen molar-refractivity contribution in [2.45, 2.75) is 11.9 Å². The van der Waals surface area contributed by atoms with Gasteiger partial charge in [-0.1, -0.05) is 59.0 Å². The van der Waals surface area contributed by atoms with E-state index >= 15 is 0 Å². The van der Waals surface area contributed by atoms with Crippen LogP contribution in [0, 0.1) is 6.92 Å². The number of aryl methyl sites for hydroxylation is 1. The van der Waals surface area contributed by atoms with Gasteiger partial charge in [-0.05, 0) is 30.7 Å². The molecular formula is C19H14ClN5OS2. The van der Waals surface area contributed by atoms with E-state index in [-0.39, 0.29) is 11.7 Å². The normalized spacial score (nSPS) is 10.9. The van der Waals surface area contributed by atoms with E-state index in [0.717, 1.165) is 21.3 Å². The van der Waals surface area contributed by atoms with Crippen molar-refractivity contribution in [2.24, 2.45) is 0 Å². The van der Waals surface area contributed by atoms with Gasteiger partial charge in [-0.15, -0.1) is 10.2 Å². The quantitative estimate of drug-likeness (QED) is 0.459. The third-order valence-electron chi connectivity index (χ3n) is 3.85. The van der Waals surface area contributed by atoms with Gasteiger partial charge in [0.1, 0.15) is 17.0 Å². The summed E-state index contributed by atoms with van der Waals surface area (Å²) in [6.07, 6.45) is 1.37. The summed E-state index contributed by atoms with van der Waals surface area (Å²) in [6, 6.07) is 13.4. The van der Waals surface area contributed by atoms with Crippen molar-refractivity contribution in [3.8, 4) is 11.3 Å². The summed E-state index contributed by atoms with van der Waals surface area (Å²) in [4.78, 5) is 21.1. The SMILES string of the molecule is Cc1ccc2sc(NC(=O)CSc3nncnc3-c3ccccc3Cl)nc2c1. The highest BCUT2D eigenvalue weighted by Gasteiger charge is 2.15. The van der Waals surface area contributed by atoms with Gasteiger partial charge >= 0.3 is 0 Å². The molecule has 2 heterocycles. The Morgan fingerprint density at radius 2 is 2.11 bits per heavy atom. The Kier molecular flexibility index (Phi) is 5.52. The zero-order chi connectivity index (χ0) is 19.5. The summed E-state index contributed by atoms with van der Waals surface area (Å²) in [5.41, 5.74) is 3.37. The third kappa shape index (κ3) is 4.14. The molecule has 0 saturated carbocycles. The smallest absolute Gasteiger partial charge is 0.236 e. The minimum Gasteiger partial charge on any atom is -0.301 e. The van der Waals surface area contributed by atoms with Crippen LogP contribution in [0.1, 0.15) is 5.56 Å². The van der Waals surface area contributed by atoms with Gasteiger partial charge in [-0.2, -0.15) is 0 Å². The van der Waals surface area contributed by atoms with E-state index in [1.807, 2.05) is 43.3 Å². The largest absolute Gasteiger partial charge is 0.301 e. The molecule has 28 heavy (non-hydrogen) atoms. The Morgan fingerprint density at radius 3 is 2.96 bits per heavy atom. The van der Waals surface area contributed by atoms with Crippen molar-refractivity contribution in [3.63, 3.8) is 0 Å². The second-order valence-corrected chi connectivity index (χ2v) is 8.32. The summed E-state index contributed by atoms with van der Waals surface area (Å²) >= 11 is 8.97. The predicted octanol–water partition coefficient (Wildman–Crippen LogP) is 4.84. The van der Waals surface area contributed by atoms with Gasteiger partial charge in [-0.25, -0.2) is 9.97 Å². The van der Waals surface area contributed by atoms with E-state index in [0.29, 0.717) is 20.9 Å². The zero-order valence-corrected chi connectivity index (χ0v) is 17.1. The van der Waals surface area contributed by atoms with Crippen LogP contribution in [0.2, 0.25) is 5.02 Å². The van der Waals surface area contributed by atoms with E-state index in [2.05, 4.69) is 25.5 Å². The van der Waals surface area contributed by atoms with E-state index in [1.165, 1.54) is 29.4 Å². The molecule has 4 aromatic rings. The molecule has 2 aromatic heterocycles. The lowest BCUT2D eigenvalue weighted by Crippen LogP contribution is -2.14. The van der Waals surface area contributed by atoms with Crippen LogP contribution in [0.3, 0.4) is 0 Å². The summed E-state index contributed by atoms with van der Waals surface area (Å²) in [5.74, 6) is -0.0104. The highest BCUT2D eigenvalue weighted by atomic mass is 35.5. The highest BCUT2D eigenvalue weighted by molar-refractivity contribution is 8.00. The van der Waals surface area contributed by atoms with Crippen LogP contribution in [0.15, 0.2) is 53.8 Å². The first-order valence-corrected chi connectivity index (χ1v) is 10.5. The number of halogens is 1.